The highest BCUT2D eigenvalue weighted by atomic mass is 35.5. The Morgan fingerprint density at radius 3 is 2.11 bits per heavy atom. The van der Waals surface area contributed by atoms with Gasteiger partial charge >= 0.3 is 5.97 Å². The smallest absolute Gasteiger partial charge is 0.340 e. The lowest BCUT2D eigenvalue weighted by atomic mass is 9.96. The molecule has 3 aromatic rings. The van der Waals surface area contributed by atoms with E-state index < -0.39 is 11.8 Å². The minimum atomic E-state index is -1.14. The van der Waals surface area contributed by atoms with Gasteiger partial charge in [-0.3, -0.25) is 0 Å². The first-order valence-electron chi connectivity index (χ1n) is 16.7. The number of aryl methyl sites for hydroxylation is 1. The molecule has 0 aliphatic heterocycles. The van der Waals surface area contributed by atoms with Crippen LogP contribution in [0.2, 0.25) is 5.02 Å². The summed E-state index contributed by atoms with van der Waals surface area (Å²) in [6.07, 6.45) is 20.9. The van der Waals surface area contributed by atoms with Crippen LogP contribution < -0.4 is 0 Å². The summed E-state index contributed by atoms with van der Waals surface area (Å²) in [5.74, 6) is -1.59. The molecule has 0 fully saturated rings. The van der Waals surface area contributed by atoms with Gasteiger partial charge in [0.2, 0.25) is 5.79 Å². The summed E-state index contributed by atoms with van der Waals surface area (Å²) < 4.78 is 12.5. The Labute approximate surface area is 270 Å². The first-order valence-corrected chi connectivity index (χ1v) is 17.1. The van der Waals surface area contributed by atoms with Crippen molar-refractivity contribution in [3.05, 3.63) is 113 Å². The Bertz CT molecular complexity index is 1360. The molecule has 3 aromatic carbocycles. The Balaban J connectivity index is 1.41. The highest BCUT2D eigenvalue weighted by Crippen LogP contribution is 2.34. The standard InChI is InChI=1S/C40H49ClO3/c1-3-5-7-9-10-11-16-30-43-40(28-26-34(27-29-40)33-18-14-12-15-19-33)44-39(42)36-24-25-37(38(41)31-36)35-22-20-32(21-23-35)17-13-8-6-4-2/h12,14-15,18-28,31H,3-11,13,16-17,29-30H2,1-2H3. The van der Waals surface area contributed by atoms with Crippen molar-refractivity contribution in [1.29, 1.82) is 0 Å². The molecule has 1 atom stereocenters. The third-order valence-electron chi connectivity index (χ3n) is 8.38. The van der Waals surface area contributed by atoms with E-state index in [1.54, 1.807) is 12.1 Å². The van der Waals surface area contributed by atoms with Crippen molar-refractivity contribution in [3.63, 3.8) is 0 Å². The van der Waals surface area contributed by atoms with Crippen LogP contribution in [0.3, 0.4) is 0 Å². The maximum absolute atomic E-state index is 13.5. The number of allylic oxidation sites excluding steroid dienone is 2. The van der Waals surface area contributed by atoms with Crippen LogP contribution in [-0.4, -0.2) is 18.4 Å². The van der Waals surface area contributed by atoms with Crippen molar-refractivity contribution in [1.82, 2.24) is 0 Å². The molecule has 0 radical (unpaired) electrons. The van der Waals surface area contributed by atoms with Gasteiger partial charge in [0.1, 0.15) is 0 Å². The van der Waals surface area contributed by atoms with Crippen LogP contribution in [0, 0.1) is 0 Å². The van der Waals surface area contributed by atoms with Gasteiger partial charge in [-0.15, -0.1) is 0 Å². The number of unbranched alkanes of at least 4 members (excludes halogenated alkanes) is 9. The van der Waals surface area contributed by atoms with Gasteiger partial charge < -0.3 is 9.47 Å². The average Bonchev–Trinajstić information content (AvgIpc) is 3.05. The molecule has 4 heteroatoms. The Kier molecular flexibility index (Phi) is 13.8. The molecule has 0 saturated carbocycles. The summed E-state index contributed by atoms with van der Waals surface area (Å²) in [5, 5.41) is 0.527. The molecule has 1 aliphatic rings. The van der Waals surface area contributed by atoms with E-state index in [0.717, 1.165) is 41.5 Å². The van der Waals surface area contributed by atoms with Crippen molar-refractivity contribution in [2.75, 3.05) is 6.61 Å². The van der Waals surface area contributed by atoms with Crippen LogP contribution in [0.4, 0.5) is 0 Å². The zero-order valence-electron chi connectivity index (χ0n) is 26.7. The first kappa shape index (κ1) is 33.7. The van der Waals surface area contributed by atoms with E-state index in [1.807, 2.05) is 36.4 Å². The van der Waals surface area contributed by atoms with Gasteiger partial charge in [-0.1, -0.05) is 156 Å². The molecule has 234 valence electrons. The predicted molar refractivity (Wildman–Crippen MR) is 185 cm³/mol. The topological polar surface area (TPSA) is 35.5 Å². The third kappa shape index (κ3) is 10.2. The van der Waals surface area contributed by atoms with Crippen molar-refractivity contribution in [2.45, 2.75) is 103 Å². The molecule has 0 bridgehead atoms. The second-order valence-electron chi connectivity index (χ2n) is 11.9. The largest absolute Gasteiger partial charge is 0.425 e. The summed E-state index contributed by atoms with van der Waals surface area (Å²) in [4.78, 5) is 13.5. The lowest BCUT2D eigenvalue weighted by Gasteiger charge is -2.32. The SMILES string of the molecule is CCCCCCCCCOC1(OC(=O)c2ccc(-c3ccc(CCCCCC)cc3)c(Cl)c2)C=CC(c2ccccc2)=CC1. The monoisotopic (exact) mass is 612 g/mol. The lowest BCUT2D eigenvalue weighted by molar-refractivity contribution is -0.169. The second kappa shape index (κ2) is 18.0. The molecule has 1 unspecified atom stereocenters. The van der Waals surface area contributed by atoms with E-state index in [-0.39, 0.29) is 0 Å². The molecule has 0 heterocycles. The fraction of sp³-hybridized carbons (Fsp3) is 0.425. The van der Waals surface area contributed by atoms with Gasteiger partial charge in [0.05, 0.1) is 12.2 Å². The van der Waals surface area contributed by atoms with E-state index in [0.29, 0.717) is 23.6 Å². The molecule has 4 rings (SSSR count). The maximum atomic E-state index is 13.5. The molecular formula is C40H49ClO3. The molecule has 1 aliphatic carbocycles. The van der Waals surface area contributed by atoms with Crippen molar-refractivity contribution < 1.29 is 14.3 Å². The van der Waals surface area contributed by atoms with Crippen LogP contribution in [0.25, 0.3) is 16.7 Å². The Hall–Kier alpha value is -3.14. The molecule has 44 heavy (non-hydrogen) atoms. The average molecular weight is 613 g/mol. The molecule has 0 spiro atoms. The second-order valence-corrected chi connectivity index (χ2v) is 12.3. The summed E-state index contributed by atoms with van der Waals surface area (Å²) in [6.45, 7) is 5.01. The molecule has 3 nitrogen and oxygen atoms in total. The summed E-state index contributed by atoms with van der Waals surface area (Å²) >= 11 is 6.73. The van der Waals surface area contributed by atoms with Gasteiger partial charge in [0.15, 0.2) is 0 Å². The minimum absolute atomic E-state index is 0.413. The number of ether oxygens (including phenoxy) is 2. The zero-order chi connectivity index (χ0) is 31.0. The predicted octanol–water partition coefficient (Wildman–Crippen LogP) is 11.8. The summed E-state index contributed by atoms with van der Waals surface area (Å²) in [7, 11) is 0. The molecule has 0 aromatic heterocycles. The van der Waals surface area contributed by atoms with Gasteiger partial charge in [-0.25, -0.2) is 4.79 Å². The van der Waals surface area contributed by atoms with Gasteiger partial charge in [0.25, 0.3) is 0 Å². The highest BCUT2D eigenvalue weighted by Gasteiger charge is 2.34. The van der Waals surface area contributed by atoms with Crippen molar-refractivity contribution in [2.24, 2.45) is 0 Å². The summed E-state index contributed by atoms with van der Waals surface area (Å²) in [6, 6.07) is 24.2. The fourth-order valence-electron chi connectivity index (χ4n) is 5.66. The van der Waals surface area contributed by atoms with Gasteiger partial charge in [-0.05, 0) is 59.7 Å². The van der Waals surface area contributed by atoms with E-state index in [9.17, 15) is 4.79 Å². The Morgan fingerprint density at radius 1 is 0.773 bits per heavy atom. The van der Waals surface area contributed by atoms with Gasteiger partial charge in [0, 0.05) is 17.0 Å². The van der Waals surface area contributed by atoms with Crippen LogP contribution in [0.15, 0.2) is 91.0 Å². The van der Waals surface area contributed by atoms with E-state index >= 15 is 0 Å². The number of carbonyl (C=O) groups excluding carboxylic acids is 1. The number of hydrogen-bond donors (Lipinski definition) is 0. The number of benzene rings is 3. The third-order valence-corrected chi connectivity index (χ3v) is 8.69. The number of carbonyl (C=O) groups is 1. The zero-order valence-corrected chi connectivity index (χ0v) is 27.4. The fourth-order valence-corrected chi connectivity index (χ4v) is 5.95. The van der Waals surface area contributed by atoms with E-state index in [1.165, 1.54) is 63.4 Å². The quantitative estimate of drug-likeness (QED) is 0.0814. The summed E-state index contributed by atoms with van der Waals surface area (Å²) in [5.41, 5.74) is 5.91. The molecule has 0 saturated heterocycles. The van der Waals surface area contributed by atoms with E-state index in [4.69, 9.17) is 21.1 Å². The minimum Gasteiger partial charge on any atom is -0.425 e. The number of halogens is 1. The van der Waals surface area contributed by atoms with Crippen LogP contribution in [-0.2, 0) is 15.9 Å². The molecular weight excluding hydrogens is 564 g/mol. The number of rotatable bonds is 18. The van der Waals surface area contributed by atoms with Crippen LogP contribution in [0.1, 0.15) is 112 Å². The molecule has 0 N–H and O–H groups in total. The Morgan fingerprint density at radius 2 is 1.45 bits per heavy atom. The molecule has 0 amide bonds. The van der Waals surface area contributed by atoms with Crippen molar-refractivity contribution >= 4 is 23.1 Å². The number of esters is 1. The number of hydrogen-bond acceptors (Lipinski definition) is 3. The highest BCUT2D eigenvalue weighted by molar-refractivity contribution is 6.33. The van der Waals surface area contributed by atoms with Crippen molar-refractivity contribution in [3.8, 4) is 11.1 Å². The van der Waals surface area contributed by atoms with Gasteiger partial charge in [-0.2, -0.15) is 0 Å². The first-order chi connectivity index (χ1) is 21.5. The lowest BCUT2D eigenvalue weighted by Crippen LogP contribution is -2.37. The maximum Gasteiger partial charge on any atom is 0.340 e. The van der Waals surface area contributed by atoms with E-state index in [2.05, 4.69) is 56.3 Å². The van der Waals surface area contributed by atoms with Crippen LogP contribution in [0.5, 0.6) is 0 Å². The van der Waals surface area contributed by atoms with Crippen LogP contribution >= 0.6 is 11.6 Å². The normalized spacial score (nSPS) is 16.1.